The van der Waals surface area contributed by atoms with Crippen molar-refractivity contribution in [3.8, 4) is 22.9 Å². The molecule has 4 rings (SSSR count). The van der Waals surface area contributed by atoms with E-state index >= 15 is 0 Å². The van der Waals surface area contributed by atoms with Gasteiger partial charge in [-0.25, -0.2) is 4.79 Å². The van der Waals surface area contributed by atoms with Crippen LogP contribution >= 0.6 is 15.9 Å². The van der Waals surface area contributed by atoms with Gasteiger partial charge in [-0.05, 0) is 91.2 Å². The number of aromatic amines is 1. The van der Waals surface area contributed by atoms with Crippen molar-refractivity contribution in [2.75, 3.05) is 53.4 Å². The number of ether oxygens (including phenoxy) is 2. The van der Waals surface area contributed by atoms with Gasteiger partial charge in [0.2, 0.25) is 5.69 Å². The van der Waals surface area contributed by atoms with Crippen LogP contribution in [0.2, 0.25) is 0 Å². The van der Waals surface area contributed by atoms with Crippen molar-refractivity contribution in [1.82, 2.24) is 29.9 Å². The van der Waals surface area contributed by atoms with Crippen molar-refractivity contribution >= 4 is 21.8 Å². The molecule has 2 N–H and O–H groups in total. The quantitative estimate of drug-likeness (QED) is 0.359. The smallest absolute Gasteiger partial charge is 0.349 e. The van der Waals surface area contributed by atoms with Gasteiger partial charge in [0.05, 0.1) is 17.3 Å². The molecule has 0 bridgehead atoms. The SMILES string of the molecule is COc1ccc(Oc2c(C)cc(-n3nc(C(=O)NCCCN4CCN(C)CC4)c(=O)[nH]c3=O)cc2C)cc1Br. The summed E-state index contributed by atoms with van der Waals surface area (Å²) in [4.78, 5) is 44.6. The van der Waals surface area contributed by atoms with E-state index in [-0.39, 0.29) is 5.69 Å². The minimum atomic E-state index is -0.828. The molecule has 0 spiro atoms. The van der Waals surface area contributed by atoms with E-state index in [9.17, 15) is 14.4 Å². The Morgan fingerprint density at radius 3 is 2.44 bits per heavy atom. The van der Waals surface area contributed by atoms with Crippen LogP contribution in [-0.4, -0.2) is 83.9 Å². The number of benzene rings is 2. The number of hydrogen-bond donors (Lipinski definition) is 2. The number of halogens is 1. The molecule has 0 unspecified atom stereocenters. The van der Waals surface area contributed by atoms with E-state index in [0.717, 1.165) is 59.4 Å². The van der Waals surface area contributed by atoms with Crippen LogP contribution in [0.4, 0.5) is 0 Å². The van der Waals surface area contributed by atoms with Crippen LogP contribution in [0.1, 0.15) is 28.0 Å². The van der Waals surface area contributed by atoms with E-state index in [0.29, 0.717) is 29.5 Å². The molecule has 39 heavy (non-hydrogen) atoms. The zero-order chi connectivity index (χ0) is 28.1. The molecular weight excluding hydrogens is 568 g/mol. The molecule has 0 aliphatic carbocycles. The number of H-pyrrole nitrogens is 1. The first-order chi connectivity index (χ1) is 18.7. The molecule has 1 aromatic heterocycles. The molecule has 1 aliphatic heterocycles. The van der Waals surface area contributed by atoms with E-state index in [1.54, 1.807) is 37.4 Å². The van der Waals surface area contributed by atoms with Crippen LogP contribution < -0.4 is 26.0 Å². The average Bonchev–Trinajstić information content (AvgIpc) is 2.89. The molecule has 3 aromatic rings. The van der Waals surface area contributed by atoms with Gasteiger partial charge in [0, 0.05) is 32.7 Å². The van der Waals surface area contributed by atoms with Gasteiger partial charge in [0.15, 0.2) is 0 Å². The lowest BCUT2D eigenvalue weighted by atomic mass is 10.1. The fourth-order valence-corrected chi connectivity index (χ4v) is 4.94. The maximum atomic E-state index is 12.8. The molecule has 1 amide bonds. The average molecular weight is 602 g/mol. The second-order valence-corrected chi connectivity index (χ2v) is 10.4. The molecule has 0 radical (unpaired) electrons. The third kappa shape index (κ3) is 6.94. The number of aryl methyl sites for hydroxylation is 2. The van der Waals surface area contributed by atoms with Gasteiger partial charge in [-0.2, -0.15) is 9.78 Å². The summed E-state index contributed by atoms with van der Waals surface area (Å²) in [5.74, 6) is 1.28. The van der Waals surface area contributed by atoms with Crippen molar-refractivity contribution in [3.63, 3.8) is 0 Å². The molecule has 0 atom stereocenters. The first-order valence-electron chi connectivity index (χ1n) is 12.7. The van der Waals surface area contributed by atoms with E-state index in [4.69, 9.17) is 9.47 Å². The third-order valence-corrected chi connectivity index (χ3v) is 7.23. The number of piperazine rings is 1. The standard InChI is InChI=1S/C27H33BrN6O5/c1-17-14-19(15-18(2)24(17)39-20-6-7-22(38-4)21(28)16-20)34-27(37)30-26(36)23(31-34)25(35)29-8-5-9-33-12-10-32(3)11-13-33/h6-7,14-16H,5,8-13H2,1-4H3,(H,29,35)(H,30,36,37). The van der Waals surface area contributed by atoms with Gasteiger partial charge in [-0.3, -0.25) is 14.6 Å². The first-order valence-corrected chi connectivity index (χ1v) is 13.5. The molecule has 12 heteroatoms. The monoisotopic (exact) mass is 600 g/mol. The highest BCUT2D eigenvalue weighted by Crippen LogP contribution is 2.34. The number of amides is 1. The highest BCUT2D eigenvalue weighted by atomic mass is 79.9. The Labute approximate surface area is 234 Å². The highest BCUT2D eigenvalue weighted by Gasteiger charge is 2.18. The number of likely N-dealkylation sites (N-methyl/N-ethyl adjacent to an activating group) is 1. The molecule has 11 nitrogen and oxygen atoms in total. The van der Waals surface area contributed by atoms with Crippen molar-refractivity contribution < 1.29 is 14.3 Å². The summed E-state index contributed by atoms with van der Waals surface area (Å²) in [5.41, 5.74) is -0.0468. The van der Waals surface area contributed by atoms with Gasteiger partial charge in [-0.1, -0.05) is 0 Å². The molecule has 2 heterocycles. The minimum absolute atomic E-state index is 0.368. The lowest BCUT2D eigenvalue weighted by Gasteiger charge is -2.32. The third-order valence-electron chi connectivity index (χ3n) is 6.61. The van der Waals surface area contributed by atoms with E-state index in [2.05, 4.69) is 48.2 Å². The van der Waals surface area contributed by atoms with Crippen LogP contribution in [0.15, 0.2) is 44.4 Å². The van der Waals surface area contributed by atoms with Gasteiger partial charge >= 0.3 is 5.69 Å². The van der Waals surface area contributed by atoms with Crippen LogP contribution in [0.25, 0.3) is 5.69 Å². The molecular formula is C27H33BrN6O5. The van der Waals surface area contributed by atoms with Crippen LogP contribution in [0, 0.1) is 13.8 Å². The van der Waals surface area contributed by atoms with Crippen molar-refractivity contribution in [3.05, 3.63) is 72.5 Å². The number of aromatic nitrogens is 3. The Morgan fingerprint density at radius 1 is 1.10 bits per heavy atom. The van der Waals surface area contributed by atoms with Gasteiger partial charge in [0.1, 0.15) is 17.2 Å². The Kier molecular flexibility index (Phi) is 9.20. The predicted molar refractivity (Wildman–Crippen MR) is 152 cm³/mol. The van der Waals surface area contributed by atoms with Crippen LogP contribution in [-0.2, 0) is 0 Å². The normalized spacial score (nSPS) is 14.3. The lowest BCUT2D eigenvalue weighted by molar-refractivity contribution is 0.0940. The maximum Gasteiger partial charge on any atom is 0.349 e. The predicted octanol–water partition coefficient (Wildman–Crippen LogP) is 2.47. The molecule has 1 fully saturated rings. The summed E-state index contributed by atoms with van der Waals surface area (Å²) in [6.07, 6.45) is 0.748. The lowest BCUT2D eigenvalue weighted by Crippen LogP contribution is -2.45. The fourth-order valence-electron chi connectivity index (χ4n) is 4.42. The van der Waals surface area contributed by atoms with Crippen molar-refractivity contribution in [1.29, 1.82) is 0 Å². The Hall–Kier alpha value is -3.48. The largest absolute Gasteiger partial charge is 0.496 e. The van der Waals surface area contributed by atoms with Crippen LogP contribution in [0.5, 0.6) is 17.2 Å². The topological polar surface area (TPSA) is 122 Å². The number of carbonyl (C=O) groups is 1. The zero-order valence-electron chi connectivity index (χ0n) is 22.5. The fraction of sp³-hybridized carbons (Fsp3) is 0.407. The minimum Gasteiger partial charge on any atom is -0.496 e. The summed E-state index contributed by atoms with van der Waals surface area (Å²) in [6, 6.07) is 8.81. The highest BCUT2D eigenvalue weighted by molar-refractivity contribution is 9.10. The molecule has 1 aliphatic rings. The number of nitrogens with zero attached hydrogens (tertiary/aromatic N) is 4. The summed E-state index contributed by atoms with van der Waals surface area (Å²) < 4.78 is 13.1. The van der Waals surface area contributed by atoms with Gasteiger partial charge in [-0.15, -0.1) is 0 Å². The zero-order valence-corrected chi connectivity index (χ0v) is 24.1. The molecule has 208 valence electrons. The summed E-state index contributed by atoms with van der Waals surface area (Å²) in [7, 11) is 3.69. The number of rotatable bonds is 9. The Bertz CT molecular complexity index is 1440. The first kappa shape index (κ1) is 28.5. The Morgan fingerprint density at radius 2 is 1.79 bits per heavy atom. The van der Waals surface area contributed by atoms with Crippen molar-refractivity contribution in [2.45, 2.75) is 20.3 Å². The molecule has 0 saturated carbocycles. The second kappa shape index (κ2) is 12.6. The summed E-state index contributed by atoms with van der Waals surface area (Å²) >= 11 is 3.46. The van der Waals surface area contributed by atoms with Crippen LogP contribution in [0.3, 0.4) is 0 Å². The molecule has 2 aromatic carbocycles. The summed E-state index contributed by atoms with van der Waals surface area (Å²) in [6.45, 7) is 8.99. The number of methoxy groups -OCH3 is 1. The number of nitrogens with one attached hydrogen (secondary N) is 2. The maximum absolute atomic E-state index is 12.8. The van der Waals surface area contributed by atoms with E-state index in [1.807, 2.05) is 13.8 Å². The number of hydrogen-bond acceptors (Lipinski definition) is 8. The van der Waals surface area contributed by atoms with Gasteiger partial charge < -0.3 is 24.6 Å². The van der Waals surface area contributed by atoms with Gasteiger partial charge in [0.25, 0.3) is 11.5 Å². The number of carbonyl (C=O) groups excluding carboxylic acids is 1. The van der Waals surface area contributed by atoms with Crippen molar-refractivity contribution in [2.24, 2.45) is 0 Å². The van der Waals surface area contributed by atoms with E-state index < -0.39 is 17.2 Å². The van der Waals surface area contributed by atoms with E-state index in [1.165, 1.54) is 0 Å². The second-order valence-electron chi connectivity index (χ2n) is 9.58. The molecule has 1 saturated heterocycles. The Balaban J connectivity index is 1.48. The summed E-state index contributed by atoms with van der Waals surface area (Å²) in [5, 5.41) is 6.87.